The number of aromatic nitrogens is 2. The molecular formula is C20H19N5O. The van der Waals surface area contributed by atoms with Gasteiger partial charge in [-0.15, -0.1) is 0 Å². The molecule has 0 atom stereocenters. The number of benzene rings is 1. The van der Waals surface area contributed by atoms with Gasteiger partial charge in [-0.3, -0.25) is 14.8 Å². The van der Waals surface area contributed by atoms with E-state index in [0.29, 0.717) is 18.8 Å². The molecule has 0 spiro atoms. The van der Waals surface area contributed by atoms with E-state index in [1.54, 1.807) is 11.2 Å². The maximum atomic E-state index is 11.7. The fraction of sp³-hybridized carbons (Fsp3) is 0.150. The number of hydrogen-bond acceptors (Lipinski definition) is 4. The molecule has 3 aromatic rings. The van der Waals surface area contributed by atoms with Crippen LogP contribution in [0.4, 0.5) is 0 Å². The Kier molecular flexibility index (Phi) is 4.01. The predicted octanol–water partition coefficient (Wildman–Crippen LogP) is 2.90. The van der Waals surface area contributed by atoms with E-state index in [2.05, 4.69) is 39.1 Å². The van der Waals surface area contributed by atoms with Crippen molar-refractivity contribution in [2.24, 2.45) is 5.10 Å². The summed E-state index contributed by atoms with van der Waals surface area (Å²) in [5.41, 5.74) is 5.17. The maximum absolute atomic E-state index is 11.7. The topological polar surface area (TPSA) is 73.4 Å². The summed E-state index contributed by atoms with van der Waals surface area (Å²) in [6.45, 7) is 6.91. The molecule has 0 aliphatic carbocycles. The van der Waals surface area contributed by atoms with Gasteiger partial charge in [0.25, 0.3) is 5.91 Å². The van der Waals surface area contributed by atoms with Crippen LogP contribution in [0.25, 0.3) is 22.2 Å². The summed E-state index contributed by atoms with van der Waals surface area (Å²) in [4.78, 5) is 19.4. The largest absolute Gasteiger partial charge is 0.361 e. The van der Waals surface area contributed by atoms with Crippen LogP contribution < -0.4 is 5.32 Å². The molecule has 6 nitrogen and oxygen atoms in total. The van der Waals surface area contributed by atoms with E-state index in [9.17, 15) is 4.79 Å². The number of carbonyl (C=O) groups excluding carboxylic acids is 1. The lowest BCUT2D eigenvalue weighted by molar-refractivity contribution is -0.120. The van der Waals surface area contributed by atoms with Crippen LogP contribution >= 0.6 is 0 Å². The van der Waals surface area contributed by atoms with Gasteiger partial charge in [-0.05, 0) is 37.3 Å². The molecule has 1 saturated heterocycles. The van der Waals surface area contributed by atoms with E-state index in [0.717, 1.165) is 33.4 Å². The van der Waals surface area contributed by atoms with Crippen LogP contribution in [0.1, 0.15) is 12.5 Å². The SMILES string of the molecule is C=C1C(=O)NCCN1/N=C(\C)c1ccnc(-c2ccc3[nH]ccc3c2)c1. The first-order chi connectivity index (χ1) is 12.6. The standard InChI is InChI=1S/C20H19N5O/c1-13(24-25-10-9-23-20(26)14(25)2)15-5-7-22-19(12-15)16-3-4-18-17(11-16)6-8-21-18/h3-8,11-12,21H,2,9-10H2,1H3,(H,23,26)/b24-13+. The third-order valence-electron chi connectivity index (χ3n) is 4.48. The summed E-state index contributed by atoms with van der Waals surface area (Å²) in [5.74, 6) is -0.178. The molecule has 1 aliphatic rings. The second-order valence-corrected chi connectivity index (χ2v) is 6.22. The number of nitrogens with zero attached hydrogens (tertiary/aromatic N) is 3. The molecule has 1 aromatic carbocycles. The summed E-state index contributed by atoms with van der Waals surface area (Å²) in [7, 11) is 0. The van der Waals surface area contributed by atoms with E-state index in [-0.39, 0.29) is 5.91 Å². The highest BCUT2D eigenvalue weighted by atomic mass is 16.2. The van der Waals surface area contributed by atoms with Crippen LogP contribution in [0, 0.1) is 0 Å². The van der Waals surface area contributed by atoms with Crippen LogP contribution in [0.2, 0.25) is 0 Å². The molecule has 0 bridgehead atoms. The highest BCUT2D eigenvalue weighted by Crippen LogP contribution is 2.23. The summed E-state index contributed by atoms with van der Waals surface area (Å²) in [5, 5.41) is 10.1. The number of amides is 1. The Bertz CT molecular complexity index is 1030. The van der Waals surface area contributed by atoms with Gasteiger partial charge in [0.15, 0.2) is 0 Å². The molecule has 1 fully saturated rings. The minimum absolute atomic E-state index is 0.178. The minimum atomic E-state index is -0.178. The number of carbonyl (C=O) groups is 1. The summed E-state index contributed by atoms with van der Waals surface area (Å²) in [6.07, 6.45) is 3.71. The van der Waals surface area contributed by atoms with Crippen molar-refractivity contribution in [3.05, 3.63) is 66.6 Å². The van der Waals surface area contributed by atoms with Crippen molar-refractivity contribution in [3.8, 4) is 11.3 Å². The van der Waals surface area contributed by atoms with E-state index < -0.39 is 0 Å². The van der Waals surface area contributed by atoms with Gasteiger partial charge in [0.1, 0.15) is 5.70 Å². The highest BCUT2D eigenvalue weighted by molar-refractivity contribution is 6.00. The first kappa shape index (κ1) is 16.1. The van der Waals surface area contributed by atoms with Gasteiger partial charge in [-0.2, -0.15) is 5.10 Å². The Balaban J connectivity index is 1.65. The fourth-order valence-corrected chi connectivity index (χ4v) is 3.00. The molecule has 4 rings (SSSR count). The molecule has 0 unspecified atom stereocenters. The van der Waals surface area contributed by atoms with Crippen molar-refractivity contribution in [1.29, 1.82) is 0 Å². The second kappa shape index (κ2) is 6.48. The number of piperazine rings is 1. The normalized spacial score (nSPS) is 15.4. The maximum Gasteiger partial charge on any atom is 0.268 e. The monoisotopic (exact) mass is 345 g/mol. The van der Waals surface area contributed by atoms with Crippen molar-refractivity contribution in [1.82, 2.24) is 20.3 Å². The van der Waals surface area contributed by atoms with E-state index in [1.807, 2.05) is 37.4 Å². The summed E-state index contributed by atoms with van der Waals surface area (Å²) in [6, 6.07) is 12.2. The highest BCUT2D eigenvalue weighted by Gasteiger charge is 2.20. The molecule has 26 heavy (non-hydrogen) atoms. The molecule has 0 radical (unpaired) electrons. The van der Waals surface area contributed by atoms with Gasteiger partial charge in [0, 0.05) is 41.0 Å². The zero-order valence-electron chi connectivity index (χ0n) is 14.5. The quantitative estimate of drug-likeness (QED) is 0.566. The van der Waals surface area contributed by atoms with Crippen molar-refractivity contribution in [2.75, 3.05) is 13.1 Å². The van der Waals surface area contributed by atoms with Crippen molar-refractivity contribution in [2.45, 2.75) is 6.92 Å². The molecule has 130 valence electrons. The molecule has 3 heterocycles. The number of rotatable bonds is 3. The smallest absolute Gasteiger partial charge is 0.268 e. The first-order valence-corrected chi connectivity index (χ1v) is 8.45. The van der Waals surface area contributed by atoms with Gasteiger partial charge >= 0.3 is 0 Å². The molecule has 1 amide bonds. The third-order valence-corrected chi connectivity index (χ3v) is 4.48. The minimum Gasteiger partial charge on any atom is -0.361 e. The molecular weight excluding hydrogens is 326 g/mol. The van der Waals surface area contributed by atoms with E-state index >= 15 is 0 Å². The lowest BCUT2D eigenvalue weighted by Gasteiger charge is -2.26. The number of hydrogen-bond donors (Lipinski definition) is 2. The summed E-state index contributed by atoms with van der Waals surface area (Å²) >= 11 is 0. The predicted molar refractivity (Wildman–Crippen MR) is 103 cm³/mol. The first-order valence-electron chi connectivity index (χ1n) is 8.45. The Morgan fingerprint density at radius 1 is 1.27 bits per heavy atom. The molecule has 0 saturated carbocycles. The van der Waals surface area contributed by atoms with Gasteiger partial charge in [-0.25, -0.2) is 0 Å². The Morgan fingerprint density at radius 3 is 3.04 bits per heavy atom. The van der Waals surface area contributed by atoms with Crippen molar-refractivity contribution < 1.29 is 4.79 Å². The van der Waals surface area contributed by atoms with E-state index in [1.165, 1.54) is 0 Å². The van der Waals surface area contributed by atoms with Crippen LogP contribution in [-0.2, 0) is 4.79 Å². The second-order valence-electron chi connectivity index (χ2n) is 6.22. The van der Waals surface area contributed by atoms with Crippen LogP contribution in [0.5, 0.6) is 0 Å². The number of H-pyrrole nitrogens is 1. The number of fused-ring (bicyclic) bond motifs is 1. The Hall–Kier alpha value is -3.41. The number of hydrazone groups is 1. The zero-order chi connectivity index (χ0) is 18.1. The van der Waals surface area contributed by atoms with Crippen molar-refractivity contribution in [3.63, 3.8) is 0 Å². The van der Waals surface area contributed by atoms with Gasteiger partial charge in [-0.1, -0.05) is 12.6 Å². The number of nitrogens with one attached hydrogen (secondary N) is 2. The lowest BCUT2D eigenvalue weighted by atomic mass is 10.1. The third kappa shape index (κ3) is 2.97. The Morgan fingerprint density at radius 2 is 2.15 bits per heavy atom. The fourth-order valence-electron chi connectivity index (χ4n) is 3.00. The number of pyridine rings is 1. The van der Waals surface area contributed by atoms with Crippen LogP contribution in [-0.4, -0.2) is 39.7 Å². The molecule has 2 N–H and O–H groups in total. The zero-order valence-corrected chi connectivity index (χ0v) is 14.5. The van der Waals surface area contributed by atoms with Crippen molar-refractivity contribution >= 4 is 22.5 Å². The summed E-state index contributed by atoms with van der Waals surface area (Å²) < 4.78 is 0. The molecule has 1 aliphatic heterocycles. The average molecular weight is 345 g/mol. The lowest BCUT2D eigenvalue weighted by Crippen LogP contribution is -2.43. The van der Waals surface area contributed by atoms with E-state index in [4.69, 9.17) is 0 Å². The van der Waals surface area contributed by atoms with Gasteiger partial charge < -0.3 is 10.3 Å². The molecule has 2 aromatic heterocycles. The van der Waals surface area contributed by atoms with Crippen LogP contribution in [0.3, 0.4) is 0 Å². The number of aromatic amines is 1. The van der Waals surface area contributed by atoms with Crippen LogP contribution in [0.15, 0.2) is 66.2 Å². The van der Waals surface area contributed by atoms with Gasteiger partial charge in [0.05, 0.1) is 18.0 Å². The average Bonchev–Trinajstić information content (AvgIpc) is 3.13. The van der Waals surface area contributed by atoms with Gasteiger partial charge in [0.2, 0.25) is 0 Å². The molecule has 6 heteroatoms. The Labute approximate surface area is 151 Å².